The molecule has 5 heteroatoms. The Hall–Kier alpha value is -0.740. The van der Waals surface area contributed by atoms with Gasteiger partial charge in [0.1, 0.15) is 6.04 Å². The fourth-order valence-electron chi connectivity index (χ4n) is 1.60. The zero-order chi connectivity index (χ0) is 13.9. The van der Waals surface area contributed by atoms with Gasteiger partial charge in [-0.05, 0) is 46.0 Å². The van der Waals surface area contributed by atoms with E-state index >= 15 is 0 Å². The predicted molar refractivity (Wildman–Crippen MR) is 78.3 cm³/mol. The van der Waals surface area contributed by atoms with E-state index in [1.807, 2.05) is 20.8 Å². The van der Waals surface area contributed by atoms with Crippen LogP contribution in [-0.4, -0.2) is 17.1 Å². The van der Waals surface area contributed by atoms with E-state index in [2.05, 4.69) is 21.2 Å². The first-order valence-electron chi connectivity index (χ1n) is 5.63. The number of hydrogen-bond donors (Lipinski definition) is 2. The van der Waals surface area contributed by atoms with Crippen LogP contribution in [-0.2, 0) is 4.79 Å². The van der Waals surface area contributed by atoms with Crippen molar-refractivity contribution in [2.75, 3.05) is 5.32 Å². The monoisotopic (exact) mass is 333 g/mol. The van der Waals surface area contributed by atoms with Crippen molar-refractivity contribution in [3.8, 4) is 0 Å². The fourth-order valence-corrected chi connectivity index (χ4v) is 2.10. The molecule has 0 aliphatic rings. The molecule has 0 aliphatic carbocycles. The minimum Gasteiger partial charge on any atom is -0.480 e. The zero-order valence-corrected chi connectivity index (χ0v) is 13.0. The molecule has 100 valence electrons. The van der Waals surface area contributed by atoms with Crippen LogP contribution in [0, 0.1) is 5.41 Å². The van der Waals surface area contributed by atoms with Gasteiger partial charge < -0.3 is 10.4 Å². The summed E-state index contributed by atoms with van der Waals surface area (Å²) < 4.78 is 0.745. The fraction of sp³-hybridized carbons (Fsp3) is 0.462. The summed E-state index contributed by atoms with van der Waals surface area (Å²) in [6.07, 6.45) is 0.544. The highest BCUT2D eigenvalue weighted by atomic mass is 79.9. The molecule has 1 aromatic rings. The van der Waals surface area contributed by atoms with E-state index in [9.17, 15) is 9.90 Å². The number of benzene rings is 1. The molecule has 2 N–H and O–H groups in total. The van der Waals surface area contributed by atoms with E-state index < -0.39 is 12.0 Å². The first-order valence-corrected chi connectivity index (χ1v) is 6.80. The molecule has 0 bridgehead atoms. The maximum absolute atomic E-state index is 11.2. The number of aliphatic carboxylic acids is 1. The summed E-state index contributed by atoms with van der Waals surface area (Å²) in [4.78, 5) is 11.2. The highest BCUT2D eigenvalue weighted by molar-refractivity contribution is 9.10. The van der Waals surface area contributed by atoms with Crippen molar-refractivity contribution in [3.63, 3.8) is 0 Å². The third-order valence-electron chi connectivity index (χ3n) is 2.38. The van der Waals surface area contributed by atoms with Gasteiger partial charge in [-0.25, -0.2) is 4.79 Å². The van der Waals surface area contributed by atoms with Crippen LogP contribution in [0.4, 0.5) is 5.69 Å². The van der Waals surface area contributed by atoms with E-state index in [1.165, 1.54) is 0 Å². The molecule has 0 saturated heterocycles. The minimum absolute atomic E-state index is 0.0558. The predicted octanol–water partition coefficient (Wildman–Crippen LogP) is 4.40. The molecular formula is C13H17BrClNO2. The molecule has 1 rings (SSSR count). The Morgan fingerprint density at radius 3 is 2.56 bits per heavy atom. The molecule has 0 radical (unpaired) electrons. The summed E-state index contributed by atoms with van der Waals surface area (Å²) in [5.41, 5.74) is 0.683. The molecule has 0 saturated carbocycles. The summed E-state index contributed by atoms with van der Waals surface area (Å²) in [5, 5.41) is 12.8. The number of anilines is 1. The molecule has 0 aromatic heterocycles. The molecule has 1 aromatic carbocycles. The Bertz CT molecular complexity index is 443. The van der Waals surface area contributed by atoms with Gasteiger partial charge in [0, 0.05) is 10.2 Å². The Balaban J connectivity index is 2.83. The van der Waals surface area contributed by atoms with Gasteiger partial charge in [0.25, 0.3) is 0 Å². The van der Waals surface area contributed by atoms with Crippen LogP contribution in [0.5, 0.6) is 0 Å². The van der Waals surface area contributed by atoms with Crippen LogP contribution in [0.2, 0.25) is 5.02 Å². The van der Waals surface area contributed by atoms with Crippen LogP contribution in [0.15, 0.2) is 22.7 Å². The first-order chi connectivity index (χ1) is 8.19. The van der Waals surface area contributed by atoms with Gasteiger partial charge in [0.2, 0.25) is 0 Å². The molecule has 18 heavy (non-hydrogen) atoms. The lowest BCUT2D eigenvalue weighted by molar-refractivity contribution is -0.138. The zero-order valence-electron chi connectivity index (χ0n) is 10.6. The molecule has 1 atom stereocenters. The molecule has 0 aliphatic heterocycles. The van der Waals surface area contributed by atoms with E-state index in [1.54, 1.807) is 18.2 Å². The van der Waals surface area contributed by atoms with Crippen molar-refractivity contribution >= 4 is 39.2 Å². The Morgan fingerprint density at radius 1 is 1.50 bits per heavy atom. The number of nitrogens with one attached hydrogen (secondary N) is 1. The topological polar surface area (TPSA) is 49.3 Å². The smallest absolute Gasteiger partial charge is 0.326 e. The average molecular weight is 335 g/mol. The summed E-state index contributed by atoms with van der Waals surface area (Å²) in [5.74, 6) is -0.851. The van der Waals surface area contributed by atoms with Crippen LogP contribution >= 0.6 is 27.5 Å². The van der Waals surface area contributed by atoms with Crippen molar-refractivity contribution < 1.29 is 9.90 Å². The normalized spacial score (nSPS) is 13.2. The second-order valence-corrected chi connectivity index (χ2v) is 6.69. The summed E-state index contributed by atoms with van der Waals surface area (Å²) in [6, 6.07) is 4.66. The molecule has 1 unspecified atom stereocenters. The number of carboxylic acids is 1. The number of carboxylic acid groups (broad SMARTS) is 1. The molecular weight excluding hydrogens is 318 g/mol. The first kappa shape index (κ1) is 15.3. The third-order valence-corrected chi connectivity index (χ3v) is 3.59. The maximum atomic E-state index is 11.2. The average Bonchev–Trinajstić information content (AvgIpc) is 2.20. The van der Waals surface area contributed by atoms with Gasteiger partial charge >= 0.3 is 5.97 Å². The van der Waals surface area contributed by atoms with Crippen molar-refractivity contribution in [2.24, 2.45) is 5.41 Å². The molecule has 0 fully saturated rings. The minimum atomic E-state index is -0.851. The van der Waals surface area contributed by atoms with E-state index in [-0.39, 0.29) is 5.41 Å². The van der Waals surface area contributed by atoms with E-state index in [0.717, 1.165) is 10.2 Å². The number of rotatable bonds is 4. The number of halogens is 2. The Morgan fingerprint density at radius 2 is 2.11 bits per heavy atom. The highest BCUT2D eigenvalue weighted by Crippen LogP contribution is 2.28. The molecule has 3 nitrogen and oxygen atoms in total. The number of hydrogen-bond acceptors (Lipinski definition) is 2. The standard InChI is InChI=1S/C13H17BrClNO2/c1-13(2,3)7-11(12(17)18)16-8-4-5-10(15)9(14)6-8/h4-6,11,16H,7H2,1-3H3,(H,17,18). The lowest BCUT2D eigenvalue weighted by atomic mass is 9.88. The van der Waals surface area contributed by atoms with Crippen LogP contribution in [0.1, 0.15) is 27.2 Å². The van der Waals surface area contributed by atoms with Crippen LogP contribution < -0.4 is 5.32 Å². The highest BCUT2D eigenvalue weighted by Gasteiger charge is 2.24. The molecule has 0 amide bonds. The maximum Gasteiger partial charge on any atom is 0.326 e. The lowest BCUT2D eigenvalue weighted by Gasteiger charge is -2.24. The lowest BCUT2D eigenvalue weighted by Crippen LogP contribution is -2.33. The van der Waals surface area contributed by atoms with Gasteiger partial charge in [-0.2, -0.15) is 0 Å². The summed E-state index contributed by atoms with van der Waals surface area (Å²) >= 11 is 9.21. The van der Waals surface area contributed by atoms with Gasteiger partial charge in [-0.15, -0.1) is 0 Å². The quantitative estimate of drug-likeness (QED) is 0.858. The second-order valence-electron chi connectivity index (χ2n) is 5.43. The molecule has 0 heterocycles. The Kier molecular flexibility index (Phi) is 5.05. The van der Waals surface area contributed by atoms with Gasteiger partial charge in [-0.1, -0.05) is 32.4 Å². The van der Waals surface area contributed by atoms with Crippen molar-refractivity contribution in [3.05, 3.63) is 27.7 Å². The van der Waals surface area contributed by atoms with Crippen molar-refractivity contribution in [1.29, 1.82) is 0 Å². The Labute approximate surface area is 121 Å². The van der Waals surface area contributed by atoms with E-state index in [4.69, 9.17) is 11.6 Å². The second kappa shape index (κ2) is 5.93. The van der Waals surface area contributed by atoms with Crippen molar-refractivity contribution in [2.45, 2.75) is 33.2 Å². The SMILES string of the molecule is CC(C)(C)CC(Nc1ccc(Cl)c(Br)c1)C(=O)O. The van der Waals surface area contributed by atoms with E-state index in [0.29, 0.717) is 11.4 Å². The van der Waals surface area contributed by atoms with Crippen molar-refractivity contribution in [1.82, 2.24) is 0 Å². The summed E-state index contributed by atoms with van der Waals surface area (Å²) in [6.45, 7) is 6.05. The summed E-state index contributed by atoms with van der Waals surface area (Å²) in [7, 11) is 0. The van der Waals surface area contributed by atoms with Crippen LogP contribution in [0.3, 0.4) is 0 Å². The van der Waals surface area contributed by atoms with Gasteiger partial charge in [0.05, 0.1) is 5.02 Å². The largest absolute Gasteiger partial charge is 0.480 e. The van der Waals surface area contributed by atoms with Crippen LogP contribution in [0.25, 0.3) is 0 Å². The van der Waals surface area contributed by atoms with Gasteiger partial charge in [-0.3, -0.25) is 0 Å². The molecule has 0 spiro atoms. The third kappa shape index (κ3) is 4.86. The number of carbonyl (C=O) groups is 1. The van der Waals surface area contributed by atoms with Gasteiger partial charge in [0.15, 0.2) is 0 Å².